The highest BCUT2D eigenvalue weighted by atomic mass is 16.6. The first-order valence-corrected chi connectivity index (χ1v) is 9.40. The molecule has 0 atom stereocenters. The van der Waals surface area contributed by atoms with Crippen LogP contribution in [0.4, 0.5) is 5.69 Å². The zero-order chi connectivity index (χ0) is 19.9. The number of nitro groups is 1. The highest BCUT2D eigenvalue weighted by molar-refractivity contribution is 5.84. The Morgan fingerprint density at radius 2 is 2.00 bits per heavy atom. The molecule has 1 aromatic heterocycles. The molecule has 2 aromatic carbocycles. The fourth-order valence-corrected chi connectivity index (χ4v) is 3.24. The molecule has 146 valence electrons. The first-order valence-electron chi connectivity index (χ1n) is 9.40. The summed E-state index contributed by atoms with van der Waals surface area (Å²) in [5, 5.41) is 18.7. The topological polar surface area (TPSA) is 95.3 Å². The number of nitro benzene ring substituents is 1. The average molecular weight is 379 g/mol. The summed E-state index contributed by atoms with van der Waals surface area (Å²) >= 11 is 0. The maximum Gasteiger partial charge on any atom is 0.269 e. The van der Waals surface area contributed by atoms with Gasteiger partial charge >= 0.3 is 0 Å². The van der Waals surface area contributed by atoms with Crippen LogP contribution in [-0.4, -0.2) is 29.0 Å². The fraction of sp³-hybridized carbons (Fsp3) is 0.286. The van der Waals surface area contributed by atoms with Crippen molar-refractivity contribution in [2.45, 2.75) is 26.8 Å². The van der Waals surface area contributed by atoms with Crippen LogP contribution in [0.3, 0.4) is 0 Å². The van der Waals surface area contributed by atoms with E-state index in [1.54, 1.807) is 12.1 Å². The van der Waals surface area contributed by atoms with E-state index >= 15 is 0 Å². The number of H-pyrrole nitrogens is 1. The molecule has 0 unspecified atom stereocenters. The van der Waals surface area contributed by atoms with Crippen LogP contribution in [0.25, 0.3) is 10.9 Å². The number of nitrogens with one attached hydrogen (secondary N) is 3. The molecule has 3 aromatic rings. The number of aliphatic imine (C=N–C) groups is 1. The Balaban J connectivity index is 1.64. The normalized spacial score (nSPS) is 11.6. The van der Waals surface area contributed by atoms with Gasteiger partial charge in [-0.2, -0.15) is 0 Å². The number of hydrogen-bond donors (Lipinski definition) is 3. The molecule has 0 bridgehead atoms. The minimum Gasteiger partial charge on any atom is -0.358 e. The van der Waals surface area contributed by atoms with Gasteiger partial charge in [-0.1, -0.05) is 30.3 Å². The molecule has 3 N–H and O–H groups in total. The lowest BCUT2D eigenvalue weighted by Crippen LogP contribution is -2.38. The van der Waals surface area contributed by atoms with E-state index in [0.29, 0.717) is 12.5 Å². The standard InChI is InChI=1S/C21H25N5O2/c1-3-22-21(24-14-16-7-6-8-17(13-16)26(27)28)23-12-11-18-15(2)25-20-10-5-4-9-19(18)20/h4-10,13,25H,3,11-12,14H2,1-2H3,(H2,22,23,24). The number of benzene rings is 2. The molecule has 3 rings (SSSR count). The van der Waals surface area contributed by atoms with Crippen molar-refractivity contribution in [1.82, 2.24) is 15.6 Å². The molecular weight excluding hydrogens is 354 g/mol. The predicted molar refractivity (Wildman–Crippen MR) is 113 cm³/mol. The van der Waals surface area contributed by atoms with E-state index in [9.17, 15) is 10.1 Å². The van der Waals surface area contributed by atoms with Gasteiger partial charge in [-0.3, -0.25) is 10.1 Å². The molecule has 28 heavy (non-hydrogen) atoms. The Morgan fingerprint density at radius 1 is 1.18 bits per heavy atom. The van der Waals surface area contributed by atoms with Crippen molar-refractivity contribution in [3.63, 3.8) is 0 Å². The largest absolute Gasteiger partial charge is 0.358 e. The van der Waals surface area contributed by atoms with E-state index in [1.807, 2.05) is 19.1 Å². The monoisotopic (exact) mass is 379 g/mol. The molecule has 0 fully saturated rings. The molecule has 0 aliphatic carbocycles. The molecule has 1 heterocycles. The summed E-state index contributed by atoms with van der Waals surface area (Å²) in [4.78, 5) is 18.5. The molecule has 0 spiro atoms. The SMILES string of the molecule is CCNC(=NCc1cccc([N+](=O)[O-])c1)NCCc1c(C)[nH]c2ccccc12. The number of guanidine groups is 1. The lowest BCUT2D eigenvalue weighted by molar-refractivity contribution is -0.384. The summed E-state index contributed by atoms with van der Waals surface area (Å²) in [5.41, 5.74) is 4.53. The van der Waals surface area contributed by atoms with Crippen LogP contribution in [0.2, 0.25) is 0 Å². The number of para-hydroxylation sites is 1. The number of rotatable bonds is 7. The van der Waals surface area contributed by atoms with Gasteiger partial charge in [0.25, 0.3) is 5.69 Å². The van der Waals surface area contributed by atoms with Gasteiger partial charge in [0.1, 0.15) is 0 Å². The smallest absolute Gasteiger partial charge is 0.269 e. The average Bonchev–Trinajstić information content (AvgIpc) is 3.01. The molecule has 0 aliphatic rings. The van der Waals surface area contributed by atoms with Gasteiger partial charge in [0.15, 0.2) is 5.96 Å². The van der Waals surface area contributed by atoms with E-state index in [-0.39, 0.29) is 10.6 Å². The summed E-state index contributed by atoms with van der Waals surface area (Å²) in [5.74, 6) is 0.700. The Kier molecular flexibility index (Phi) is 6.26. The lowest BCUT2D eigenvalue weighted by Gasteiger charge is -2.11. The van der Waals surface area contributed by atoms with Gasteiger partial charge in [-0.15, -0.1) is 0 Å². The third kappa shape index (κ3) is 4.68. The van der Waals surface area contributed by atoms with Crippen LogP contribution in [0.1, 0.15) is 23.7 Å². The number of aromatic amines is 1. The zero-order valence-corrected chi connectivity index (χ0v) is 16.2. The van der Waals surface area contributed by atoms with Crippen molar-refractivity contribution >= 4 is 22.5 Å². The fourth-order valence-electron chi connectivity index (χ4n) is 3.24. The Bertz CT molecular complexity index is 993. The molecule has 7 heteroatoms. The molecule has 0 radical (unpaired) electrons. The highest BCUT2D eigenvalue weighted by Crippen LogP contribution is 2.21. The molecule has 0 saturated carbocycles. The maximum atomic E-state index is 10.9. The Hall–Kier alpha value is -3.35. The van der Waals surface area contributed by atoms with Gasteiger partial charge in [-0.25, -0.2) is 4.99 Å². The van der Waals surface area contributed by atoms with Crippen LogP contribution >= 0.6 is 0 Å². The van der Waals surface area contributed by atoms with E-state index in [4.69, 9.17) is 0 Å². The van der Waals surface area contributed by atoms with E-state index < -0.39 is 0 Å². The van der Waals surface area contributed by atoms with Crippen molar-refractivity contribution in [3.05, 3.63) is 75.5 Å². The minimum atomic E-state index is -0.389. The van der Waals surface area contributed by atoms with Gasteiger partial charge in [0, 0.05) is 41.8 Å². The number of fused-ring (bicyclic) bond motifs is 1. The van der Waals surface area contributed by atoms with Crippen molar-refractivity contribution in [2.24, 2.45) is 4.99 Å². The van der Waals surface area contributed by atoms with Crippen LogP contribution in [0.5, 0.6) is 0 Å². The molecule has 0 amide bonds. The van der Waals surface area contributed by atoms with Crippen LogP contribution in [0.15, 0.2) is 53.5 Å². The van der Waals surface area contributed by atoms with Crippen LogP contribution < -0.4 is 10.6 Å². The third-order valence-electron chi connectivity index (χ3n) is 4.58. The number of hydrogen-bond acceptors (Lipinski definition) is 3. The number of aryl methyl sites for hydroxylation is 1. The second-order valence-corrected chi connectivity index (χ2v) is 6.57. The van der Waals surface area contributed by atoms with Crippen molar-refractivity contribution in [2.75, 3.05) is 13.1 Å². The van der Waals surface area contributed by atoms with Crippen LogP contribution in [-0.2, 0) is 13.0 Å². The molecule has 0 aliphatic heterocycles. The molecule has 0 saturated heterocycles. The summed E-state index contributed by atoms with van der Waals surface area (Å²) in [6, 6.07) is 14.9. The predicted octanol–water partition coefficient (Wildman–Crippen LogP) is 3.68. The Morgan fingerprint density at radius 3 is 2.79 bits per heavy atom. The second-order valence-electron chi connectivity index (χ2n) is 6.57. The molecular formula is C21H25N5O2. The number of aromatic nitrogens is 1. The Labute approximate surface area is 164 Å². The van der Waals surface area contributed by atoms with Crippen molar-refractivity contribution in [1.29, 1.82) is 0 Å². The first-order chi connectivity index (χ1) is 13.6. The molecule has 7 nitrogen and oxygen atoms in total. The van der Waals surface area contributed by atoms with Gasteiger partial charge in [0.2, 0.25) is 0 Å². The summed E-state index contributed by atoms with van der Waals surface area (Å²) in [6.45, 7) is 5.96. The highest BCUT2D eigenvalue weighted by Gasteiger charge is 2.08. The maximum absolute atomic E-state index is 10.9. The quantitative estimate of drug-likeness (QED) is 0.253. The van der Waals surface area contributed by atoms with E-state index in [2.05, 4.69) is 45.7 Å². The zero-order valence-electron chi connectivity index (χ0n) is 16.2. The van der Waals surface area contributed by atoms with Gasteiger partial charge in [0.05, 0.1) is 11.5 Å². The van der Waals surface area contributed by atoms with Crippen molar-refractivity contribution < 1.29 is 4.92 Å². The number of non-ortho nitro benzene ring substituents is 1. The minimum absolute atomic E-state index is 0.0838. The summed E-state index contributed by atoms with van der Waals surface area (Å²) in [6.07, 6.45) is 0.872. The van der Waals surface area contributed by atoms with Crippen LogP contribution in [0, 0.1) is 17.0 Å². The lowest BCUT2D eigenvalue weighted by atomic mass is 10.1. The van der Waals surface area contributed by atoms with E-state index in [0.717, 1.165) is 30.6 Å². The first kappa shape index (κ1) is 19.4. The van der Waals surface area contributed by atoms with Crippen molar-refractivity contribution in [3.8, 4) is 0 Å². The summed E-state index contributed by atoms with van der Waals surface area (Å²) in [7, 11) is 0. The van der Waals surface area contributed by atoms with E-state index in [1.165, 1.54) is 22.7 Å². The third-order valence-corrected chi connectivity index (χ3v) is 4.58. The summed E-state index contributed by atoms with van der Waals surface area (Å²) < 4.78 is 0. The number of nitrogens with zero attached hydrogens (tertiary/aromatic N) is 2. The second kappa shape index (κ2) is 9.03. The van der Waals surface area contributed by atoms with Gasteiger partial charge in [-0.05, 0) is 37.5 Å². The van der Waals surface area contributed by atoms with Gasteiger partial charge < -0.3 is 15.6 Å².